The summed E-state index contributed by atoms with van der Waals surface area (Å²) in [6, 6.07) is 11.6. The summed E-state index contributed by atoms with van der Waals surface area (Å²) in [7, 11) is 5.46. The average molecular weight is 410 g/mol. The first kappa shape index (κ1) is 21.1. The minimum Gasteiger partial charge on any atom is -0.497 e. The fraction of sp³-hybridized carbons (Fsp3) is 0.263. The fourth-order valence-electron chi connectivity index (χ4n) is 2.50. The zero-order valence-electron chi connectivity index (χ0n) is 15.3. The number of halogens is 2. The summed E-state index contributed by atoms with van der Waals surface area (Å²) in [5, 5.41) is 0.545. The van der Waals surface area contributed by atoms with Crippen molar-refractivity contribution in [1.82, 2.24) is 9.88 Å². The lowest BCUT2D eigenvalue weighted by Crippen LogP contribution is -2.37. The summed E-state index contributed by atoms with van der Waals surface area (Å²) in [5.74, 6) is -0.195. The molecule has 0 saturated heterocycles. The van der Waals surface area contributed by atoms with Gasteiger partial charge in [0.05, 0.1) is 22.9 Å². The number of carbonyl (C=O) groups is 1. The molecule has 0 aliphatic rings. The number of nitrogens with zero attached hydrogens (tertiary/aromatic N) is 3. The molecule has 3 aromatic rings. The first-order chi connectivity index (χ1) is 12.5. The van der Waals surface area contributed by atoms with Crippen molar-refractivity contribution in [1.29, 1.82) is 0 Å². The van der Waals surface area contributed by atoms with Crippen LogP contribution in [0.15, 0.2) is 42.5 Å². The minimum atomic E-state index is -0.532. The van der Waals surface area contributed by atoms with Gasteiger partial charge in [0, 0.05) is 13.1 Å². The number of fused-ring (bicyclic) bond motifs is 1. The van der Waals surface area contributed by atoms with Crippen LogP contribution < -0.4 is 9.64 Å². The van der Waals surface area contributed by atoms with Gasteiger partial charge in [-0.2, -0.15) is 0 Å². The van der Waals surface area contributed by atoms with Crippen LogP contribution in [0.3, 0.4) is 0 Å². The van der Waals surface area contributed by atoms with Crippen LogP contribution >= 0.6 is 23.7 Å². The first-order valence-electron chi connectivity index (χ1n) is 8.15. The van der Waals surface area contributed by atoms with E-state index in [-0.39, 0.29) is 18.0 Å². The van der Waals surface area contributed by atoms with Crippen molar-refractivity contribution in [2.45, 2.75) is 0 Å². The van der Waals surface area contributed by atoms with Gasteiger partial charge in [-0.05, 0) is 44.4 Å². The molecule has 0 bridgehead atoms. The van der Waals surface area contributed by atoms with Gasteiger partial charge in [0.25, 0.3) is 5.91 Å². The molecule has 0 fully saturated rings. The van der Waals surface area contributed by atoms with E-state index < -0.39 is 11.7 Å². The minimum absolute atomic E-state index is 0. The second-order valence-corrected chi connectivity index (χ2v) is 7.08. The molecule has 0 unspecified atom stereocenters. The van der Waals surface area contributed by atoms with Crippen LogP contribution in [0.25, 0.3) is 10.2 Å². The van der Waals surface area contributed by atoms with Gasteiger partial charge in [0.2, 0.25) is 0 Å². The zero-order chi connectivity index (χ0) is 18.7. The van der Waals surface area contributed by atoms with Crippen molar-refractivity contribution < 1.29 is 13.9 Å². The lowest BCUT2D eigenvalue weighted by Gasteiger charge is -2.22. The van der Waals surface area contributed by atoms with E-state index in [9.17, 15) is 9.18 Å². The largest absolute Gasteiger partial charge is 0.497 e. The number of amides is 1. The van der Waals surface area contributed by atoms with E-state index in [1.807, 2.05) is 37.2 Å². The maximum Gasteiger partial charge on any atom is 0.263 e. The molecule has 0 aliphatic heterocycles. The first-order valence-corrected chi connectivity index (χ1v) is 8.97. The molecule has 27 heavy (non-hydrogen) atoms. The zero-order valence-corrected chi connectivity index (χ0v) is 16.9. The number of carbonyl (C=O) groups excluding carboxylic acids is 1. The number of methoxy groups -OCH3 is 1. The van der Waals surface area contributed by atoms with Crippen LogP contribution in [0.5, 0.6) is 5.75 Å². The Morgan fingerprint density at radius 2 is 1.93 bits per heavy atom. The van der Waals surface area contributed by atoms with Crippen molar-refractivity contribution in [3.63, 3.8) is 0 Å². The number of hydrogen-bond donors (Lipinski definition) is 0. The van der Waals surface area contributed by atoms with Gasteiger partial charge in [-0.3, -0.25) is 9.69 Å². The summed E-state index contributed by atoms with van der Waals surface area (Å²) in [5.41, 5.74) is 0.824. The molecule has 0 aliphatic carbocycles. The van der Waals surface area contributed by atoms with E-state index in [0.717, 1.165) is 16.0 Å². The number of hydrogen-bond acceptors (Lipinski definition) is 5. The summed E-state index contributed by atoms with van der Waals surface area (Å²) in [4.78, 5) is 21.1. The van der Waals surface area contributed by atoms with Crippen molar-refractivity contribution in [2.24, 2.45) is 0 Å². The second kappa shape index (κ2) is 9.12. The van der Waals surface area contributed by atoms with Crippen LogP contribution in [-0.4, -0.2) is 50.1 Å². The highest BCUT2D eigenvalue weighted by molar-refractivity contribution is 7.22. The van der Waals surface area contributed by atoms with E-state index in [2.05, 4.69) is 4.98 Å². The van der Waals surface area contributed by atoms with Crippen molar-refractivity contribution in [3.05, 3.63) is 53.8 Å². The smallest absolute Gasteiger partial charge is 0.263 e. The monoisotopic (exact) mass is 409 g/mol. The molecule has 1 amide bonds. The second-order valence-electron chi connectivity index (χ2n) is 6.07. The van der Waals surface area contributed by atoms with Crippen molar-refractivity contribution in [2.75, 3.05) is 39.2 Å². The van der Waals surface area contributed by atoms with E-state index in [0.29, 0.717) is 18.2 Å². The van der Waals surface area contributed by atoms with E-state index in [1.165, 1.54) is 28.4 Å². The van der Waals surface area contributed by atoms with Crippen LogP contribution in [0.4, 0.5) is 9.52 Å². The van der Waals surface area contributed by atoms with Crippen LogP contribution in [0, 0.1) is 5.82 Å². The molecule has 0 spiro atoms. The van der Waals surface area contributed by atoms with Gasteiger partial charge >= 0.3 is 0 Å². The summed E-state index contributed by atoms with van der Waals surface area (Å²) in [6.45, 7) is 1.05. The van der Waals surface area contributed by atoms with E-state index >= 15 is 0 Å². The number of thiazole rings is 1. The number of rotatable bonds is 6. The van der Waals surface area contributed by atoms with E-state index in [4.69, 9.17) is 4.74 Å². The third kappa shape index (κ3) is 4.74. The third-order valence-electron chi connectivity index (χ3n) is 3.94. The molecule has 5 nitrogen and oxygen atoms in total. The molecular weight excluding hydrogens is 389 g/mol. The molecule has 8 heteroatoms. The number of benzene rings is 2. The molecule has 2 aromatic carbocycles. The van der Waals surface area contributed by atoms with Crippen LogP contribution in [0.1, 0.15) is 10.4 Å². The molecule has 3 rings (SSSR count). The van der Waals surface area contributed by atoms with Gasteiger partial charge in [-0.25, -0.2) is 9.37 Å². The third-order valence-corrected chi connectivity index (χ3v) is 4.98. The van der Waals surface area contributed by atoms with Gasteiger partial charge in [0.1, 0.15) is 11.6 Å². The molecule has 0 saturated carbocycles. The molecule has 0 atom stereocenters. The normalized spacial score (nSPS) is 10.7. The quantitative estimate of drug-likeness (QED) is 0.615. The summed E-state index contributed by atoms with van der Waals surface area (Å²) < 4.78 is 20.3. The van der Waals surface area contributed by atoms with Crippen LogP contribution in [-0.2, 0) is 0 Å². The molecule has 1 aromatic heterocycles. The highest BCUT2D eigenvalue weighted by atomic mass is 35.5. The lowest BCUT2D eigenvalue weighted by atomic mass is 10.2. The van der Waals surface area contributed by atoms with Gasteiger partial charge in [0.15, 0.2) is 5.13 Å². The number of ether oxygens (including phenoxy) is 1. The highest BCUT2D eigenvalue weighted by Gasteiger charge is 2.23. The maximum atomic E-state index is 14.1. The Bertz CT molecular complexity index is 932. The Hall–Kier alpha value is -2.22. The number of likely N-dealkylation sites (N-methyl/N-ethyl adjacent to an activating group) is 1. The standard InChI is InChI=1S/C19H20FN3O2S.ClH/c1-22(2)10-11-23(18(24)14-6-4-5-7-15(14)20)19-21-16-9-8-13(25-3)12-17(16)26-19;/h4-9,12H,10-11H2,1-3H3;1H. The molecule has 144 valence electrons. The Morgan fingerprint density at radius 3 is 2.59 bits per heavy atom. The number of aromatic nitrogens is 1. The molecule has 0 N–H and O–H groups in total. The van der Waals surface area contributed by atoms with Crippen molar-refractivity contribution >= 4 is 45.0 Å². The highest BCUT2D eigenvalue weighted by Crippen LogP contribution is 2.32. The Balaban J connectivity index is 0.00000261. The number of anilines is 1. The summed E-state index contributed by atoms with van der Waals surface area (Å²) in [6.07, 6.45) is 0. The summed E-state index contributed by atoms with van der Waals surface area (Å²) >= 11 is 1.39. The van der Waals surface area contributed by atoms with Gasteiger partial charge in [-0.15, -0.1) is 12.4 Å². The maximum absolute atomic E-state index is 14.1. The molecule has 0 radical (unpaired) electrons. The van der Waals surface area contributed by atoms with E-state index in [1.54, 1.807) is 19.2 Å². The Labute approximate surface area is 167 Å². The SMILES string of the molecule is COc1ccc2nc(N(CCN(C)C)C(=O)c3ccccc3F)sc2c1.Cl. The van der Waals surface area contributed by atoms with Crippen LogP contribution in [0.2, 0.25) is 0 Å². The van der Waals surface area contributed by atoms with Gasteiger partial charge in [-0.1, -0.05) is 23.5 Å². The molecule has 1 heterocycles. The predicted octanol–water partition coefficient (Wildman–Crippen LogP) is 4.07. The van der Waals surface area contributed by atoms with Crippen molar-refractivity contribution in [3.8, 4) is 5.75 Å². The topological polar surface area (TPSA) is 45.7 Å². The lowest BCUT2D eigenvalue weighted by molar-refractivity contribution is 0.0981. The molecular formula is C19H21ClFN3O2S. The van der Waals surface area contributed by atoms with Gasteiger partial charge < -0.3 is 9.64 Å². The Kier molecular flexibility index (Phi) is 7.12. The Morgan fingerprint density at radius 1 is 1.19 bits per heavy atom. The fourth-order valence-corrected chi connectivity index (χ4v) is 3.52. The predicted molar refractivity (Wildman–Crippen MR) is 110 cm³/mol. The average Bonchev–Trinajstić information content (AvgIpc) is 3.04.